The van der Waals surface area contributed by atoms with Crippen molar-refractivity contribution in [2.45, 2.75) is 19.4 Å². The van der Waals surface area contributed by atoms with Crippen LogP contribution in [0.3, 0.4) is 0 Å². The Kier molecular flexibility index (Phi) is 3.68. The van der Waals surface area contributed by atoms with E-state index in [2.05, 4.69) is 58.8 Å². The predicted molar refractivity (Wildman–Crippen MR) is 80.3 cm³/mol. The molecule has 2 nitrogen and oxygen atoms in total. The smallest absolute Gasteiger partial charge is 0.0401 e. The third-order valence-corrected chi connectivity index (χ3v) is 3.75. The van der Waals surface area contributed by atoms with E-state index >= 15 is 0 Å². The Hall–Kier alpha value is -1.96. The standard InChI is InChI=1S/C9H9N.C8H11N/c1-2-4-9-7-10-6-5-8(9)3-1;1-2-6-9-7-3-5-8(9)4-1/h1-6,10H,7H2;1-2,4H,3,5-7H2. The van der Waals surface area contributed by atoms with Gasteiger partial charge in [-0.05, 0) is 42.3 Å². The molecule has 0 amide bonds. The van der Waals surface area contributed by atoms with Gasteiger partial charge in [0, 0.05) is 25.3 Å². The molecule has 1 fully saturated rings. The molecule has 1 saturated heterocycles. The van der Waals surface area contributed by atoms with Gasteiger partial charge in [0.25, 0.3) is 0 Å². The average Bonchev–Trinajstić information content (AvgIpc) is 2.96. The second-order valence-corrected chi connectivity index (χ2v) is 5.05. The quantitative estimate of drug-likeness (QED) is 0.762. The molecule has 19 heavy (non-hydrogen) atoms. The molecule has 0 radical (unpaired) electrons. The van der Waals surface area contributed by atoms with Gasteiger partial charge < -0.3 is 10.2 Å². The maximum atomic E-state index is 3.16. The summed E-state index contributed by atoms with van der Waals surface area (Å²) in [5.74, 6) is 0. The summed E-state index contributed by atoms with van der Waals surface area (Å²) in [6, 6.07) is 8.41. The van der Waals surface area contributed by atoms with Crippen molar-refractivity contribution in [1.82, 2.24) is 10.2 Å². The first-order valence-corrected chi connectivity index (χ1v) is 7.02. The molecule has 3 heterocycles. The molecule has 2 heteroatoms. The lowest BCUT2D eigenvalue weighted by molar-refractivity contribution is 0.432. The maximum Gasteiger partial charge on any atom is 0.0401 e. The van der Waals surface area contributed by atoms with Crippen LogP contribution in [0.5, 0.6) is 0 Å². The molecule has 1 aromatic carbocycles. The van der Waals surface area contributed by atoms with Crippen LogP contribution >= 0.6 is 0 Å². The van der Waals surface area contributed by atoms with E-state index in [1.54, 1.807) is 0 Å². The average molecular weight is 252 g/mol. The number of benzene rings is 1. The summed E-state index contributed by atoms with van der Waals surface area (Å²) in [4.78, 5) is 2.44. The molecule has 0 aliphatic carbocycles. The van der Waals surface area contributed by atoms with E-state index in [1.807, 2.05) is 6.20 Å². The lowest BCUT2D eigenvalue weighted by atomic mass is 10.1. The lowest BCUT2D eigenvalue weighted by Gasteiger charge is -2.19. The van der Waals surface area contributed by atoms with E-state index < -0.39 is 0 Å². The Balaban J connectivity index is 0.000000117. The molecule has 3 aliphatic heterocycles. The summed E-state index contributed by atoms with van der Waals surface area (Å²) in [5.41, 5.74) is 4.25. The number of nitrogens with zero attached hydrogens (tertiary/aromatic N) is 1. The summed E-state index contributed by atoms with van der Waals surface area (Å²) < 4.78 is 0. The van der Waals surface area contributed by atoms with Gasteiger partial charge >= 0.3 is 0 Å². The van der Waals surface area contributed by atoms with Crippen LogP contribution in [0.15, 0.2) is 54.4 Å². The van der Waals surface area contributed by atoms with Crippen molar-refractivity contribution < 1.29 is 0 Å². The highest BCUT2D eigenvalue weighted by atomic mass is 15.1. The first kappa shape index (κ1) is 12.1. The van der Waals surface area contributed by atoms with Crippen LogP contribution in [-0.4, -0.2) is 18.0 Å². The van der Waals surface area contributed by atoms with E-state index in [4.69, 9.17) is 0 Å². The van der Waals surface area contributed by atoms with Gasteiger partial charge in [0.15, 0.2) is 0 Å². The largest absolute Gasteiger partial charge is 0.387 e. The Bertz CT molecular complexity index is 526. The number of hydrogen-bond donors (Lipinski definition) is 1. The van der Waals surface area contributed by atoms with E-state index in [9.17, 15) is 0 Å². The topological polar surface area (TPSA) is 15.3 Å². The second kappa shape index (κ2) is 5.79. The highest BCUT2D eigenvalue weighted by Crippen LogP contribution is 2.22. The van der Waals surface area contributed by atoms with Crippen molar-refractivity contribution in [2.24, 2.45) is 0 Å². The molecule has 0 spiro atoms. The second-order valence-electron chi connectivity index (χ2n) is 5.05. The third-order valence-electron chi connectivity index (χ3n) is 3.75. The van der Waals surface area contributed by atoms with Crippen LogP contribution in [0.25, 0.3) is 6.08 Å². The normalized spacial score (nSPS) is 18.7. The minimum absolute atomic E-state index is 0.965. The van der Waals surface area contributed by atoms with Gasteiger partial charge in [-0.3, -0.25) is 0 Å². The van der Waals surface area contributed by atoms with Crippen LogP contribution < -0.4 is 5.32 Å². The van der Waals surface area contributed by atoms with E-state index in [0.29, 0.717) is 0 Å². The van der Waals surface area contributed by atoms with Crippen molar-refractivity contribution in [3.05, 3.63) is 65.5 Å². The Morgan fingerprint density at radius 2 is 2.11 bits per heavy atom. The van der Waals surface area contributed by atoms with Gasteiger partial charge in [-0.1, -0.05) is 36.4 Å². The molecule has 0 aromatic heterocycles. The zero-order chi connectivity index (χ0) is 12.9. The molecule has 0 saturated carbocycles. The van der Waals surface area contributed by atoms with Crippen LogP contribution in [0, 0.1) is 0 Å². The van der Waals surface area contributed by atoms with Gasteiger partial charge in [-0.15, -0.1) is 0 Å². The zero-order valence-electron chi connectivity index (χ0n) is 11.2. The van der Waals surface area contributed by atoms with Crippen LogP contribution in [0.1, 0.15) is 24.0 Å². The maximum absolute atomic E-state index is 3.16. The minimum Gasteiger partial charge on any atom is -0.387 e. The van der Waals surface area contributed by atoms with Crippen molar-refractivity contribution in [3.8, 4) is 0 Å². The van der Waals surface area contributed by atoms with Crippen molar-refractivity contribution in [2.75, 3.05) is 13.1 Å². The molecule has 4 rings (SSSR count). The van der Waals surface area contributed by atoms with Crippen molar-refractivity contribution in [3.63, 3.8) is 0 Å². The summed E-state index contributed by atoms with van der Waals surface area (Å²) in [6.45, 7) is 3.38. The molecule has 1 aromatic rings. The first-order valence-electron chi connectivity index (χ1n) is 7.02. The summed E-state index contributed by atoms with van der Waals surface area (Å²) in [7, 11) is 0. The lowest BCUT2D eigenvalue weighted by Crippen LogP contribution is -2.18. The molecular formula is C17H20N2. The monoisotopic (exact) mass is 252 g/mol. The van der Waals surface area contributed by atoms with Crippen molar-refractivity contribution >= 4 is 6.08 Å². The summed E-state index contributed by atoms with van der Waals surface area (Å²) in [6.07, 6.45) is 13.3. The molecule has 0 atom stereocenters. The summed E-state index contributed by atoms with van der Waals surface area (Å²) >= 11 is 0. The molecular weight excluding hydrogens is 232 g/mol. The first-order chi connectivity index (χ1) is 9.43. The minimum atomic E-state index is 0.965. The molecule has 0 unspecified atom stereocenters. The van der Waals surface area contributed by atoms with Crippen LogP contribution in [0.2, 0.25) is 0 Å². The fraction of sp³-hybridized carbons (Fsp3) is 0.294. The molecule has 1 N–H and O–H groups in total. The van der Waals surface area contributed by atoms with E-state index in [0.717, 1.165) is 13.1 Å². The molecule has 0 bridgehead atoms. The van der Waals surface area contributed by atoms with E-state index in [-0.39, 0.29) is 0 Å². The predicted octanol–water partition coefficient (Wildman–Crippen LogP) is 3.30. The highest BCUT2D eigenvalue weighted by molar-refractivity contribution is 5.55. The third kappa shape index (κ3) is 2.90. The Morgan fingerprint density at radius 3 is 3.00 bits per heavy atom. The van der Waals surface area contributed by atoms with Crippen LogP contribution in [-0.2, 0) is 6.54 Å². The molecule has 3 aliphatic rings. The van der Waals surface area contributed by atoms with E-state index in [1.165, 1.54) is 36.2 Å². The molecule has 98 valence electrons. The van der Waals surface area contributed by atoms with Gasteiger partial charge in [-0.2, -0.15) is 0 Å². The number of fused-ring (bicyclic) bond motifs is 2. The fourth-order valence-corrected chi connectivity index (χ4v) is 2.69. The number of allylic oxidation sites excluding steroid dienone is 3. The van der Waals surface area contributed by atoms with Gasteiger partial charge in [0.05, 0.1) is 0 Å². The SMILES string of the molecule is C1=CCN2CCCC2=C1.C1=Cc2ccccc2CN1. The number of rotatable bonds is 0. The van der Waals surface area contributed by atoms with Gasteiger partial charge in [0.2, 0.25) is 0 Å². The van der Waals surface area contributed by atoms with Crippen LogP contribution in [0.4, 0.5) is 0 Å². The van der Waals surface area contributed by atoms with Crippen molar-refractivity contribution in [1.29, 1.82) is 0 Å². The Morgan fingerprint density at radius 1 is 1.16 bits per heavy atom. The highest BCUT2D eigenvalue weighted by Gasteiger charge is 2.15. The zero-order valence-corrected chi connectivity index (χ0v) is 11.2. The number of hydrogen-bond acceptors (Lipinski definition) is 2. The van der Waals surface area contributed by atoms with Gasteiger partial charge in [0.1, 0.15) is 0 Å². The van der Waals surface area contributed by atoms with Gasteiger partial charge in [-0.25, -0.2) is 0 Å². The Labute approximate surface area is 115 Å². The fourth-order valence-electron chi connectivity index (χ4n) is 2.69. The summed E-state index contributed by atoms with van der Waals surface area (Å²) in [5, 5.41) is 3.16. The number of nitrogens with one attached hydrogen (secondary N) is 1.